The normalized spacial score (nSPS) is 11.2. The summed E-state index contributed by atoms with van der Waals surface area (Å²) in [5.74, 6) is -0.136. The lowest BCUT2D eigenvalue weighted by Gasteiger charge is -2.08. The van der Waals surface area contributed by atoms with Crippen molar-refractivity contribution in [1.82, 2.24) is 0 Å². The highest BCUT2D eigenvalue weighted by Crippen LogP contribution is 2.11. The fourth-order valence-electron chi connectivity index (χ4n) is 3.44. The Kier molecular flexibility index (Phi) is 28.7. The van der Waals surface area contributed by atoms with Gasteiger partial charge < -0.3 is 23.7 Å². The first-order valence-corrected chi connectivity index (χ1v) is 13.8. The number of hydrogen-bond acceptors (Lipinski definition) is 6. The molecular weight excluding hydrogens is 420 g/mol. The minimum absolute atomic E-state index is 0.136. The van der Waals surface area contributed by atoms with E-state index in [-0.39, 0.29) is 5.97 Å². The van der Waals surface area contributed by atoms with E-state index in [0.29, 0.717) is 59.3 Å². The predicted molar refractivity (Wildman–Crippen MR) is 135 cm³/mol. The number of rotatable bonds is 28. The van der Waals surface area contributed by atoms with Crippen LogP contribution < -0.4 is 0 Å². The van der Waals surface area contributed by atoms with Gasteiger partial charge in [0.1, 0.15) is 6.61 Å². The molecule has 6 heteroatoms. The third-order valence-corrected chi connectivity index (χ3v) is 5.48. The zero-order chi connectivity index (χ0) is 24.1. The SMILES string of the molecule is CCCCCCCCCCCCCOCCOCCOCCOCCOC(=O)CCCCC. The first kappa shape index (κ1) is 32.3. The average molecular weight is 475 g/mol. The molecule has 198 valence electrons. The van der Waals surface area contributed by atoms with Gasteiger partial charge in [0, 0.05) is 13.0 Å². The Labute approximate surface area is 204 Å². The van der Waals surface area contributed by atoms with Crippen molar-refractivity contribution in [3.63, 3.8) is 0 Å². The zero-order valence-electron chi connectivity index (χ0n) is 21.9. The van der Waals surface area contributed by atoms with E-state index in [4.69, 9.17) is 23.7 Å². The maximum atomic E-state index is 11.4. The van der Waals surface area contributed by atoms with Crippen molar-refractivity contribution < 1.29 is 28.5 Å². The molecule has 0 aliphatic carbocycles. The Morgan fingerprint density at radius 2 is 0.788 bits per heavy atom. The van der Waals surface area contributed by atoms with E-state index in [1.807, 2.05) is 0 Å². The van der Waals surface area contributed by atoms with Crippen molar-refractivity contribution in [2.45, 2.75) is 110 Å². The van der Waals surface area contributed by atoms with Gasteiger partial charge in [0.15, 0.2) is 0 Å². The molecule has 0 N–H and O–H groups in total. The molecule has 6 nitrogen and oxygen atoms in total. The van der Waals surface area contributed by atoms with Crippen LogP contribution >= 0.6 is 0 Å². The van der Waals surface area contributed by atoms with Gasteiger partial charge in [0.05, 0.1) is 46.2 Å². The van der Waals surface area contributed by atoms with Crippen LogP contribution in [0, 0.1) is 0 Å². The van der Waals surface area contributed by atoms with Crippen LogP contribution in [0.2, 0.25) is 0 Å². The Balaban J connectivity index is 3.06. The smallest absolute Gasteiger partial charge is 0.305 e. The monoisotopic (exact) mass is 474 g/mol. The summed E-state index contributed by atoms with van der Waals surface area (Å²) >= 11 is 0. The molecule has 0 spiro atoms. The number of carbonyl (C=O) groups excluding carboxylic acids is 1. The van der Waals surface area contributed by atoms with Gasteiger partial charge in [-0.1, -0.05) is 90.9 Å². The van der Waals surface area contributed by atoms with Crippen molar-refractivity contribution in [2.75, 3.05) is 59.5 Å². The molecule has 0 heterocycles. The van der Waals surface area contributed by atoms with E-state index in [1.54, 1.807) is 0 Å². The van der Waals surface area contributed by atoms with Crippen LogP contribution in [0.5, 0.6) is 0 Å². The maximum absolute atomic E-state index is 11.4. The molecule has 0 unspecified atom stereocenters. The first-order valence-electron chi connectivity index (χ1n) is 13.8. The molecule has 0 aliphatic rings. The topological polar surface area (TPSA) is 63.2 Å². The highest BCUT2D eigenvalue weighted by molar-refractivity contribution is 5.69. The first-order chi connectivity index (χ1) is 16.3. The number of ether oxygens (including phenoxy) is 5. The molecule has 0 aromatic carbocycles. The molecule has 0 atom stereocenters. The molecule has 0 saturated heterocycles. The summed E-state index contributed by atoms with van der Waals surface area (Å²) in [6, 6.07) is 0. The highest BCUT2D eigenvalue weighted by atomic mass is 16.6. The zero-order valence-corrected chi connectivity index (χ0v) is 21.9. The van der Waals surface area contributed by atoms with E-state index < -0.39 is 0 Å². The van der Waals surface area contributed by atoms with Gasteiger partial charge in [-0.25, -0.2) is 0 Å². The van der Waals surface area contributed by atoms with Crippen molar-refractivity contribution in [3.05, 3.63) is 0 Å². The van der Waals surface area contributed by atoms with E-state index in [0.717, 1.165) is 32.3 Å². The van der Waals surface area contributed by atoms with Crippen LogP contribution in [0.25, 0.3) is 0 Å². The molecule has 33 heavy (non-hydrogen) atoms. The summed E-state index contributed by atoms with van der Waals surface area (Å²) in [6.07, 6.45) is 18.5. The van der Waals surface area contributed by atoms with Crippen LogP contribution in [0.3, 0.4) is 0 Å². The van der Waals surface area contributed by atoms with Gasteiger partial charge in [-0.2, -0.15) is 0 Å². The second-order valence-electron chi connectivity index (χ2n) is 8.66. The van der Waals surface area contributed by atoms with Gasteiger partial charge in [-0.05, 0) is 12.8 Å². The fraction of sp³-hybridized carbons (Fsp3) is 0.963. The van der Waals surface area contributed by atoms with Crippen molar-refractivity contribution in [1.29, 1.82) is 0 Å². The highest BCUT2D eigenvalue weighted by Gasteiger charge is 2.01. The van der Waals surface area contributed by atoms with E-state index >= 15 is 0 Å². The largest absolute Gasteiger partial charge is 0.463 e. The van der Waals surface area contributed by atoms with Crippen LogP contribution in [0.4, 0.5) is 0 Å². The predicted octanol–water partition coefficient (Wildman–Crippen LogP) is 6.49. The second kappa shape index (κ2) is 29.3. The molecule has 0 bridgehead atoms. The lowest BCUT2D eigenvalue weighted by molar-refractivity contribution is -0.145. The van der Waals surface area contributed by atoms with E-state index in [9.17, 15) is 4.79 Å². The van der Waals surface area contributed by atoms with Gasteiger partial charge >= 0.3 is 5.97 Å². The standard InChI is InChI=1S/C27H54O6/c1-3-5-7-8-9-10-11-12-13-14-16-18-29-19-20-30-21-22-31-23-24-32-25-26-33-27(28)17-15-6-4-2/h3-26H2,1-2H3. The van der Waals surface area contributed by atoms with Gasteiger partial charge in [-0.15, -0.1) is 0 Å². The number of carbonyl (C=O) groups is 1. The van der Waals surface area contributed by atoms with Gasteiger partial charge in [0.25, 0.3) is 0 Å². The molecule has 0 fully saturated rings. The molecule has 0 aromatic rings. The van der Waals surface area contributed by atoms with E-state index in [1.165, 1.54) is 64.2 Å². The quantitative estimate of drug-likeness (QED) is 0.0954. The van der Waals surface area contributed by atoms with Crippen LogP contribution in [-0.4, -0.2) is 65.4 Å². The minimum Gasteiger partial charge on any atom is -0.463 e. The molecule has 0 radical (unpaired) electrons. The molecule has 0 rings (SSSR count). The van der Waals surface area contributed by atoms with Crippen molar-refractivity contribution in [3.8, 4) is 0 Å². The molecule has 0 saturated carbocycles. The number of unbranched alkanes of at least 4 members (excludes halogenated alkanes) is 12. The lowest BCUT2D eigenvalue weighted by atomic mass is 10.1. The second-order valence-corrected chi connectivity index (χ2v) is 8.66. The third kappa shape index (κ3) is 29.3. The molecule has 0 amide bonds. The summed E-state index contributed by atoms with van der Waals surface area (Å²) in [7, 11) is 0. The van der Waals surface area contributed by atoms with Crippen LogP contribution in [0.1, 0.15) is 110 Å². The molecule has 0 aliphatic heterocycles. The Bertz CT molecular complexity index is 378. The number of hydrogen-bond donors (Lipinski definition) is 0. The lowest BCUT2D eigenvalue weighted by Crippen LogP contribution is -2.14. The summed E-state index contributed by atoms with van der Waals surface area (Å²) in [5.41, 5.74) is 0. The van der Waals surface area contributed by atoms with Crippen molar-refractivity contribution >= 4 is 5.97 Å². The Hall–Kier alpha value is -0.690. The fourth-order valence-corrected chi connectivity index (χ4v) is 3.44. The number of esters is 1. The summed E-state index contributed by atoms with van der Waals surface area (Å²) in [4.78, 5) is 11.4. The van der Waals surface area contributed by atoms with Gasteiger partial charge in [0.2, 0.25) is 0 Å². The maximum Gasteiger partial charge on any atom is 0.305 e. The minimum atomic E-state index is -0.136. The van der Waals surface area contributed by atoms with Crippen molar-refractivity contribution in [2.24, 2.45) is 0 Å². The average Bonchev–Trinajstić information content (AvgIpc) is 2.82. The van der Waals surface area contributed by atoms with Gasteiger partial charge in [-0.3, -0.25) is 4.79 Å². The Morgan fingerprint density at radius 3 is 1.27 bits per heavy atom. The van der Waals surface area contributed by atoms with Crippen LogP contribution in [-0.2, 0) is 28.5 Å². The third-order valence-electron chi connectivity index (χ3n) is 5.48. The summed E-state index contributed by atoms with van der Waals surface area (Å²) in [5, 5.41) is 0. The Morgan fingerprint density at radius 1 is 0.424 bits per heavy atom. The summed E-state index contributed by atoms with van der Waals surface area (Å²) in [6.45, 7) is 9.34. The van der Waals surface area contributed by atoms with Crippen LogP contribution in [0.15, 0.2) is 0 Å². The molecular formula is C27H54O6. The van der Waals surface area contributed by atoms with E-state index in [2.05, 4.69) is 13.8 Å². The molecule has 0 aromatic heterocycles. The summed E-state index contributed by atoms with van der Waals surface area (Å²) < 4.78 is 27.1.